The predicted octanol–water partition coefficient (Wildman–Crippen LogP) is 2.42. The number of hydrogen-bond donors (Lipinski definition) is 0. The van der Waals surface area contributed by atoms with Crippen molar-refractivity contribution in [2.75, 3.05) is 49.3 Å². The van der Waals surface area contributed by atoms with E-state index in [1.54, 1.807) is 24.3 Å². The molecule has 1 fully saturated rings. The van der Waals surface area contributed by atoms with Gasteiger partial charge >= 0.3 is 0 Å². The van der Waals surface area contributed by atoms with Gasteiger partial charge in [0.25, 0.3) is 5.91 Å². The maximum atomic E-state index is 13.0. The van der Waals surface area contributed by atoms with Gasteiger partial charge in [0.1, 0.15) is 0 Å². The van der Waals surface area contributed by atoms with Crippen molar-refractivity contribution in [1.82, 2.24) is 9.80 Å². The third-order valence-corrected chi connectivity index (χ3v) is 6.71. The van der Waals surface area contributed by atoms with Crippen LogP contribution in [-0.2, 0) is 10.0 Å². The van der Waals surface area contributed by atoms with E-state index in [1.807, 2.05) is 4.90 Å². The van der Waals surface area contributed by atoms with Crippen LogP contribution in [0.4, 0.5) is 5.69 Å². The molecular weight excluding hydrogens is 350 g/mol. The Balaban J connectivity index is 2.16. The molecule has 0 unspecified atom stereocenters. The lowest BCUT2D eigenvalue weighted by molar-refractivity contribution is 0.0737. The van der Waals surface area contributed by atoms with Crippen LogP contribution >= 0.6 is 0 Å². The van der Waals surface area contributed by atoms with Gasteiger partial charge in [0.05, 0.1) is 11.4 Å². The van der Waals surface area contributed by atoms with Crippen LogP contribution in [0.25, 0.3) is 0 Å². The molecule has 0 N–H and O–H groups in total. The first-order valence-corrected chi connectivity index (χ1v) is 11.2. The highest BCUT2D eigenvalue weighted by Gasteiger charge is 2.29. The van der Waals surface area contributed by atoms with Gasteiger partial charge < -0.3 is 9.80 Å². The fraction of sp³-hybridized carbons (Fsp3) is 0.632. The Morgan fingerprint density at radius 1 is 1.12 bits per heavy atom. The van der Waals surface area contributed by atoms with Crippen LogP contribution in [-0.4, -0.2) is 69.1 Å². The molecule has 26 heavy (non-hydrogen) atoms. The molecule has 1 amide bonds. The predicted molar refractivity (Wildman–Crippen MR) is 106 cm³/mol. The smallest absolute Gasteiger partial charge is 0.253 e. The van der Waals surface area contributed by atoms with Crippen LogP contribution < -0.4 is 4.31 Å². The summed E-state index contributed by atoms with van der Waals surface area (Å²) >= 11 is 0. The first kappa shape index (κ1) is 20.7. The van der Waals surface area contributed by atoms with Crippen molar-refractivity contribution in [3.63, 3.8) is 0 Å². The van der Waals surface area contributed by atoms with E-state index in [-0.39, 0.29) is 11.7 Å². The molecule has 1 aliphatic heterocycles. The molecule has 0 radical (unpaired) electrons. The van der Waals surface area contributed by atoms with E-state index in [9.17, 15) is 13.2 Å². The van der Waals surface area contributed by atoms with Crippen molar-refractivity contribution < 1.29 is 13.2 Å². The van der Waals surface area contributed by atoms with E-state index < -0.39 is 10.0 Å². The maximum absolute atomic E-state index is 13.0. The number of nitrogens with zero attached hydrogens (tertiary/aromatic N) is 3. The van der Waals surface area contributed by atoms with Gasteiger partial charge in [0.15, 0.2) is 0 Å². The zero-order chi connectivity index (χ0) is 19.2. The number of hydrogen-bond acceptors (Lipinski definition) is 4. The van der Waals surface area contributed by atoms with Crippen molar-refractivity contribution in [3.05, 3.63) is 29.8 Å². The van der Waals surface area contributed by atoms with Crippen LogP contribution in [0.2, 0.25) is 0 Å². The standard InChI is InChI=1S/C19H31N3O3S/c1-4-11-21(14-13-20(5-2)6-3)19(23)17-9-7-10-18(16-17)22-12-8-15-26(22,24)25/h7,9-10,16H,4-6,8,11-15H2,1-3H3. The highest BCUT2D eigenvalue weighted by molar-refractivity contribution is 7.93. The van der Waals surface area contributed by atoms with Gasteiger partial charge in [0, 0.05) is 31.7 Å². The van der Waals surface area contributed by atoms with Crippen LogP contribution in [0.15, 0.2) is 24.3 Å². The molecule has 1 aromatic carbocycles. The van der Waals surface area contributed by atoms with E-state index in [4.69, 9.17) is 0 Å². The number of carbonyl (C=O) groups excluding carboxylic acids is 1. The largest absolute Gasteiger partial charge is 0.337 e. The van der Waals surface area contributed by atoms with E-state index in [0.29, 0.717) is 37.3 Å². The minimum Gasteiger partial charge on any atom is -0.337 e. The van der Waals surface area contributed by atoms with E-state index in [1.165, 1.54) is 4.31 Å². The molecule has 146 valence electrons. The minimum atomic E-state index is -3.24. The van der Waals surface area contributed by atoms with Crippen LogP contribution in [0.5, 0.6) is 0 Å². The molecular formula is C19H31N3O3S. The second-order valence-electron chi connectivity index (χ2n) is 6.61. The summed E-state index contributed by atoms with van der Waals surface area (Å²) < 4.78 is 25.7. The van der Waals surface area contributed by atoms with Crippen molar-refractivity contribution in [3.8, 4) is 0 Å². The van der Waals surface area contributed by atoms with Gasteiger partial charge in [-0.05, 0) is 44.1 Å². The number of benzene rings is 1. The van der Waals surface area contributed by atoms with Crippen LogP contribution in [0.3, 0.4) is 0 Å². The third-order valence-electron chi connectivity index (χ3n) is 4.84. The van der Waals surface area contributed by atoms with Crippen molar-refractivity contribution >= 4 is 21.6 Å². The van der Waals surface area contributed by atoms with E-state index in [0.717, 1.165) is 26.1 Å². The molecule has 0 atom stereocenters. The molecule has 2 rings (SSSR count). The summed E-state index contributed by atoms with van der Waals surface area (Å²) in [5.41, 5.74) is 1.14. The first-order chi connectivity index (χ1) is 12.4. The Kier molecular flexibility index (Phi) is 7.46. The molecule has 1 saturated heterocycles. The minimum absolute atomic E-state index is 0.0301. The van der Waals surface area contributed by atoms with Gasteiger partial charge in [-0.25, -0.2) is 8.42 Å². The average Bonchev–Trinajstić information content (AvgIpc) is 3.00. The lowest BCUT2D eigenvalue weighted by Crippen LogP contribution is -2.39. The third kappa shape index (κ3) is 4.98. The zero-order valence-corrected chi connectivity index (χ0v) is 17.0. The quantitative estimate of drug-likeness (QED) is 0.659. The number of carbonyl (C=O) groups is 1. The number of sulfonamides is 1. The molecule has 0 spiro atoms. The van der Waals surface area contributed by atoms with Crippen molar-refractivity contribution in [2.45, 2.75) is 33.6 Å². The van der Waals surface area contributed by atoms with E-state index in [2.05, 4.69) is 25.7 Å². The number of amides is 1. The molecule has 0 aliphatic carbocycles. The number of rotatable bonds is 9. The number of likely N-dealkylation sites (N-methyl/N-ethyl adjacent to an activating group) is 1. The summed E-state index contributed by atoms with van der Waals surface area (Å²) in [7, 11) is -3.24. The Hall–Kier alpha value is -1.60. The van der Waals surface area contributed by atoms with Crippen LogP contribution in [0, 0.1) is 0 Å². The highest BCUT2D eigenvalue weighted by atomic mass is 32.2. The van der Waals surface area contributed by atoms with E-state index >= 15 is 0 Å². The van der Waals surface area contributed by atoms with Crippen LogP contribution in [0.1, 0.15) is 44.0 Å². The summed E-state index contributed by atoms with van der Waals surface area (Å²) in [6.07, 6.45) is 1.52. The van der Waals surface area contributed by atoms with Gasteiger partial charge in [0.2, 0.25) is 10.0 Å². The average molecular weight is 382 g/mol. The van der Waals surface area contributed by atoms with Gasteiger partial charge in [-0.15, -0.1) is 0 Å². The highest BCUT2D eigenvalue weighted by Crippen LogP contribution is 2.25. The summed E-state index contributed by atoms with van der Waals surface area (Å²) in [6, 6.07) is 7.02. The molecule has 1 heterocycles. The Bertz CT molecular complexity index is 702. The lowest BCUT2D eigenvalue weighted by Gasteiger charge is -2.26. The van der Waals surface area contributed by atoms with Crippen molar-refractivity contribution in [1.29, 1.82) is 0 Å². The van der Waals surface area contributed by atoms with Gasteiger partial charge in [-0.3, -0.25) is 9.10 Å². The summed E-state index contributed by atoms with van der Waals surface area (Å²) in [6.45, 7) is 10.9. The molecule has 7 heteroatoms. The SMILES string of the molecule is CCCN(CCN(CC)CC)C(=O)c1cccc(N2CCCS2(=O)=O)c1. The lowest BCUT2D eigenvalue weighted by atomic mass is 10.1. The molecule has 1 aliphatic rings. The Labute approximate surface area is 157 Å². The second kappa shape index (κ2) is 9.37. The summed E-state index contributed by atoms with van der Waals surface area (Å²) in [4.78, 5) is 17.2. The first-order valence-electron chi connectivity index (χ1n) is 9.55. The fourth-order valence-electron chi connectivity index (χ4n) is 3.29. The summed E-state index contributed by atoms with van der Waals surface area (Å²) in [5, 5.41) is 0. The monoisotopic (exact) mass is 381 g/mol. The fourth-order valence-corrected chi connectivity index (χ4v) is 4.85. The molecule has 0 saturated carbocycles. The normalized spacial score (nSPS) is 16.2. The Morgan fingerprint density at radius 3 is 2.42 bits per heavy atom. The number of anilines is 1. The molecule has 1 aromatic rings. The molecule has 0 aromatic heterocycles. The Morgan fingerprint density at radius 2 is 1.85 bits per heavy atom. The summed E-state index contributed by atoms with van der Waals surface area (Å²) in [5.74, 6) is 0.147. The topological polar surface area (TPSA) is 60.9 Å². The van der Waals surface area contributed by atoms with Crippen molar-refractivity contribution in [2.24, 2.45) is 0 Å². The molecule has 6 nitrogen and oxygen atoms in total. The van der Waals surface area contributed by atoms with Gasteiger partial charge in [-0.1, -0.05) is 26.8 Å². The second-order valence-corrected chi connectivity index (χ2v) is 8.62. The molecule has 0 bridgehead atoms. The zero-order valence-electron chi connectivity index (χ0n) is 16.1. The maximum Gasteiger partial charge on any atom is 0.253 e. The van der Waals surface area contributed by atoms with Gasteiger partial charge in [-0.2, -0.15) is 0 Å².